The molecule has 0 unspecified atom stereocenters. The van der Waals surface area contributed by atoms with Gasteiger partial charge in [-0.2, -0.15) is 10.1 Å². The van der Waals surface area contributed by atoms with Crippen molar-refractivity contribution in [1.82, 2.24) is 14.8 Å². The summed E-state index contributed by atoms with van der Waals surface area (Å²) in [7, 11) is 1.77. The van der Waals surface area contributed by atoms with Crippen LogP contribution in [-0.2, 0) is 7.05 Å². The number of amides is 1. The van der Waals surface area contributed by atoms with E-state index in [9.17, 15) is 9.59 Å². The molecule has 1 saturated carbocycles. The van der Waals surface area contributed by atoms with Crippen molar-refractivity contribution in [1.29, 1.82) is 0 Å². The van der Waals surface area contributed by atoms with Gasteiger partial charge in [0.05, 0.1) is 0 Å². The van der Waals surface area contributed by atoms with E-state index >= 15 is 0 Å². The fourth-order valence-electron chi connectivity index (χ4n) is 2.38. The average molecular weight is 298 g/mol. The van der Waals surface area contributed by atoms with E-state index in [1.54, 1.807) is 36.0 Å². The van der Waals surface area contributed by atoms with Crippen molar-refractivity contribution in [3.63, 3.8) is 0 Å². The molecule has 3 rings (SSSR count). The van der Waals surface area contributed by atoms with E-state index in [0.717, 1.165) is 18.7 Å². The molecule has 22 heavy (non-hydrogen) atoms. The van der Waals surface area contributed by atoms with Gasteiger partial charge < -0.3 is 0 Å². The van der Waals surface area contributed by atoms with Gasteiger partial charge in [-0.1, -0.05) is 18.6 Å². The highest BCUT2D eigenvalue weighted by molar-refractivity contribution is 6.04. The highest BCUT2D eigenvalue weighted by Gasteiger charge is 2.25. The number of nitrogens with zero attached hydrogens (tertiary/aromatic N) is 3. The highest BCUT2D eigenvalue weighted by atomic mass is 16.2. The number of carbonyl (C=O) groups excluding carboxylic acids is 2. The van der Waals surface area contributed by atoms with Gasteiger partial charge >= 0.3 is 0 Å². The van der Waals surface area contributed by atoms with Gasteiger partial charge in [0, 0.05) is 24.1 Å². The zero-order valence-corrected chi connectivity index (χ0v) is 12.7. The van der Waals surface area contributed by atoms with Crippen LogP contribution in [0.5, 0.6) is 0 Å². The number of benzene rings is 1. The Bertz CT molecular complexity index is 714. The number of hydrogen-bond acceptors (Lipinski definition) is 4. The lowest BCUT2D eigenvalue weighted by Gasteiger charge is -2.21. The molecule has 2 aromatic rings. The van der Waals surface area contributed by atoms with Crippen LogP contribution in [0.15, 0.2) is 24.3 Å². The van der Waals surface area contributed by atoms with Gasteiger partial charge in [-0.05, 0) is 31.9 Å². The minimum absolute atomic E-state index is 0.0228. The summed E-state index contributed by atoms with van der Waals surface area (Å²) in [5, 5.41) is 7.13. The number of aromatic nitrogens is 3. The Kier molecular flexibility index (Phi) is 3.75. The summed E-state index contributed by atoms with van der Waals surface area (Å²) in [6.45, 7) is 1.50. The van der Waals surface area contributed by atoms with Crippen LogP contribution in [0, 0.1) is 0 Å². The number of aryl methyl sites for hydroxylation is 1. The second kappa shape index (κ2) is 5.71. The quantitative estimate of drug-likeness (QED) is 0.880. The van der Waals surface area contributed by atoms with Crippen LogP contribution in [0.2, 0.25) is 0 Å². The monoisotopic (exact) mass is 298 g/mol. The molecule has 6 heteroatoms. The van der Waals surface area contributed by atoms with Gasteiger partial charge in [-0.25, -0.2) is 4.68 Å². The van der Waals surface area contributed by atoms with Gasteiger partial charge in [0.2, 0.25) is 5.95 Å². The zero-order valence-electron chi connectivity index (χ0n) is 12.7. The topological polar surface area (TPSA) is 76.9 Å². The first-order valence-electron chi connectivity index (χ1n) is 7.38. The molecule has 1 aliphatic carbocycles. The molecule has 0 spiro atoms. The van der Waals surface area contributed by atoms with Crippen LogP contribution in [0.1, 0.15) is 58.6 Å². The Morgan fingerprint density at radius 3 is 2.36 bits per heavy atom. The van der Waals surface area contributed by atoms with E-state index in [2.05, 4.69) is 15.4 Å². The van der Waals surface area contributed by atoms with Crippen molar-refractivity contribution in [2.24, 2.45) is 7.05 Å². The lowest BCUT2D eigenvalue weighted by molar-refractivity contribution is 0.100. The van der Waals surface area contributed by atoms with Crippen molar-refractivity contribution in [3.8, 4) is 0 Å². The minimum Gasteiger partial charge on any atom is -0.295 e. The van der Waals surface area contributed by atoms with E-state index in [4.69, 9.17) is 0 Å². The largest absolute Gasteiger partial charge is 0.295 e. The molecule has 1 aromatic carbocycles. The molecular weight excluding hydrogens is 280 g/mol. The van der Waals surface area contributed by atoms with Crippen LogP contribution < -0.4 is 5.32 Å². The average Bonchev–Trinajstić information content (AvgIpc) is 2.77. The van der Waals surface area contributed by atoms with E-state index in [1.165, 1.54) is 13.3 Å². The van der Waals surface area contributed by atoms with Crippen LogP contribution in [0.4, 0.5) is 5.95 Å². The van der Waals surface area contributed by atoms with Crippen LogP contribution in [0.3, 0.4) is 0 Å². The van der Waals surface area contributed by atoms with E-state index in [0.29, 0.717) is 23.0 Å². The molecule has 1 aliphatic rings. The summed E-state index contributed by atoms with van der Waals surface area (Å²) in [6, 6.07) is 6.56. The molecule has 1 heterocycles. The molecule has 0 bridgehead atoms. The maximum atomic E-state index is 12.2. The van der Waals surface area contributed by atoms with Gasteiger partial charge in [-0.3, -0.25) is 14.9 Å². The van der Waals surface area contributed by atoms with Gasteiger partial charge in [-0.15, -0.1) is 0 Å². The van der Waals surface area contributed by atoms with Crippen LogP contribution in [-0.4, -0.2) is 26.5 Å². The SMILES string of the molecule is CC(=O)c1ccc(C(=O)Nc2nc(C3CCC3)nn2C)cc1. The van der Waals surface area contributed by atoms with E-state index < -0.39 is 0 Å². The fraction of sp³-hybridized carbons (Fsp3) is 0.375. The lowest BCUT2D eigenvalue weighted by Crippen LogP contribution is -2.15. The molecule has 0 atom stereocenters. The van der Waals surface area contributed by atoms with Gasteiger partial charge in [0.15, 0.2) is 11.6 Å². The third kappa shape index (κ3) is 2.77. The first-order chi connectivity index (χ1) is 10.5. The maximum Gasteiger partial charge on any atom is 0.258 e. The van der Waals surface area contributed by atoms with Gasteiger partial charge in [0.25, 0.3) is 5.91 Å². The Morgan fingerprint density at radius 1 is 1.18 bits per heavy atom. The molecule has 1 N–H and O–H groups in total. The predicted molar refractivity (Wildman–Crippen MR) is 82.0 cm³/mol. The number of carbonyl (C=O) groups is 2. The third-order valence-electron chi connectivity index (χ3n) is 4.03. The second-order valence-corrected chi connectivity index (χ2v) is 5.63. The van der Waals surface area contributed by atoms with Gasteiger partial charge in [0.1, 0.15) is 0 Å². The number of rotatable bonds is 4. The molecule has 1 fully saturated rings. The van der Waals surface area contributed by atoms with Crippen LogP contribution >= 0.6 is 0 Å². The van der Waals surface area contributed by atoms with Crippen molar-refractivity contribution >= 4 is 17.6 Å². The standard InChI is InChI=1S/C16H18N4O2/c1-10(21)11-6-8-13(9-7-11)15(22)18-16-17-14(19-20(16)2)12-4-3-5-12/h6-9,12H,3-5H2,1-2H3,(H,17,18,19,22). The van der Waals surface area contributed by atoms with Crippen molar-refractivity contribution < 1.29 is 9.59 Å². The summed E-state index contributed by atoms with van der Waals surface area (Å²) in [4.78, 5) is 27.9. The highest BCUT2D eigenvalue weighted by Crippen LogP contribution is 2.34. The molecule has 0 saturated heterocycles. The number of anilines is 1. The Morgan fingerprint density at radius 2 is 1.82 bits per heavy atom. The number of nitrogens with one attached hydrogen (secondary N) is 1. The molecule has 6 nitrogen and oxygen atoms in total. The van der Waals surface area contributed by atoms with Crippen molar-refractivity contribution in [2.75, 3.05) is 5.32 Å². The minimum atomic E-state index is -0.259. The van der Waals surface area contributed by atoms with Crippen molar-refractivity contribution in [2.45, 2.75) is 32.1 Å². The van der Waals surface area contributed by atoms with Crippen molar-refractivity contribution in [3.05, 3.63) is 41.2 Å². The number of Topliss-reactive ketones (excluding diaryl/α,β-unsaturated/α-hetero) is 1. The van der Waals surface area contributed by atoms with E-state index in [-0.39, 0.29) is 11.7 Å². The molecular formula is C16H18N4O2. The Balaban J connectivity index is 1.73. The first-order valence-corrected chi connectivity index (χ1v) is 7.38. The number of hydrogen-bond donors (Lipinski definition) is 1. The van der Waals surface area contributed by atoms with E-state index in [1.807, 2.05) is 0 Å². The van der Waals surface area contributed by atoms with Crippen LogP contribution in [0.25, 0.3) is 0 Å². The Labute approximate surface area is 128 Å². The molecule has 0 radical (unpaired) electrons. The zero-order chi connectivity index (χ0) is 15.7. The lowest BCUT2D eigenvalue weighted by atomic mass is 9.85. The fourth-order valence-corrected chi connectivity index (χ4v) is 2.38. The Hall–Kier alpha value is -2.50. The molecule has 114 valence electrons. The first kappa shape index (κ1) is 14.4. The molecule has 1 aromatic heterocycles. The summed E-state index contributed by atoms with van der Waals surface area (Å²) in [5.74, 6) is 1.39. The maximum absolute atomic E-state index is 12.2. The summed E-state index contributed by atoms with van der Waals surface area (Å²) >= 11 is 0. The predicted octanol–water partition coefficient (Wildman–Crippen LogP) is 2.54. The summed E-state index contributed by atoms with van der Waals surface area (Å²) < 4.78 is 1.59. The molecule has 1 amide bonds. The summed E-state index contributed by atoms with van der Waals surface area (Å²) in [5.41, 5.74) is 1.07. The second-order valence-electron chi connectivity index (χ2n) is 5.63. The third-order valence-corrected chi connectivity index (χ3v) is 4.03. The molecule has 0 aliphatic heterocycles. The normalized spacial score (nSPS) is 14.5. The summed E-state index contributed by atoms with van der Waals surface area (Å²) in [6.07, 6.45) is 3.45. The smallest absolute Gasteiger partial charge is 0.258 e. The number of ketones is 1.